The van der Waals surface area contributed by atoms with Crippen molar-refractivity contribution in [2.75, 3.05) is 40.8 Å². The Bertz CT molecular complexity index is 1140. The smallest absolute Gasteiger partial charge is 0.236 e. The van der Waals surface area contributed by atoms with E-state index in [0.29, 0.717) is 30.0 Å². The zero-order valence-corrected chi connectivity index (χ0v) is 18.8. The SMILES string of the molecule is COc1ccc(F)cc1-c1ccnc2[nH]c(C3CC4CN(CC(=O)N(C)C)CC4C3)cc12. The molecular weight excluding hydrogens is 407 g/mol. The average molecular weight is 437 g/mol. The number of benzene rings is 1. The number of nitrogens with one attached hydrogen (secondary N) is 1. The number of amides is 1. The Hall–Kier alpha value is -2.93. The zero-order valence-electron chi connectivity index (χ0n) is 18.8. The fourth-order valence-electron chi connectivity index (χ4n) is 5.51. The van der Waals surface area contributed by atoms with Gasteiger partial charge >= 0.3 is 0 Å². The molecule has 168 valence electrons. The molecule has 2 atom stereocenters. The molecule has 1 N–H and O–H groups in total. The van der Waals surface area contributed by atoms with Crippen LogP contribution in [0.4, 0.5) is 4.39 Å². The fraction of sp³-hybridized carbons (Fsp3) is 0.440. The molecule has 1 saturated heterocycles. The van der Waals surface area contributed by atoms with Crippen LogP contribution in [0.2, 0.25) is 0 Å². The van der Waals surface area contributed by atoms with Crippen LogP contribution < -0.4 is 4.74 Å². The maximum Gasteiger partial charge on any atom is 0.236 e. The molecule has 6 nitrogen and oxygen atoms in total. The van der Waals surface area contributed by atoms with Gasteiger partial charge in [-0.2, -0.15) is 0 Å². The van der Waals surface area contributed by atoms with Gasteiger partial charge in [-0.1, -0.05) is 0 Å². The van der Waals surface area contributed by atoms with Crippen LogP contribution in [0.5, 0.6) is 5.75 Å². The van der Waals surface area contributed by atoms with Crippen molar-refractivity contribution >= 4 is 16.9 Å². The van der Waals surface area contributed by atoms with Crippen LogP contribution in [0.15, 0.2) is 36.5 Å². The van der Waals surface area contributed by atoms with Crippen molar-refractivity contribution in [3.05, 3.63) is 48.0 Å². The Morgan fingerprint density at radius 3 is 2.62 bits per heavy atom. The number of aromatic nitrogens is 2. The van der Waals surface area contributed by atoms with Crippen LogP contribution in [0, 0.1) is 17.7 Å². The first-order valence-electron chi connectivity index (χ1n) is 11.2. The highest BCUT2D eigenvalue weighted by molar-refractivity contribution is 5.95. The van der Waals surface area contributed by atoms with Crippen LogP contribution >= 0.6 is 0 Å². The van der Waals surface area contributed by atoms with Crippen LogP contribution in [-0.4, -0.2) is 66.5 Å². The van der Waals surface area contributed by atoms with E-state index >= 15 is 0 Å². The number of carbonyl (C=O) groups excluding carboxylic acids is 1. The molecule has 0 bridgehead atoms. The van der Waals surface area contributed by atoms with Gasteiger partial charge in [0.05, 0.1) is 13.7 Å². The number of likely N-dealkylation sites (tertiary alicyclic amines) is 1. The highest BCUT2D eigenvalue weighted by Crippen LogP contribution is 2.47. The number of rotatable bonds is 5. The Morgan fingerprint density at radius 1 is 1.19 bits per heavy atom. The monoisotopic (exact) mass is 436 g/mol. The second-order valence-electron chi connectivity index (χ2n) is 9.36. The first-order chi connectivity index (χ1) is 15.4. The number of halogens is 1. The predicted molar refractivity (Wildman–Crippen MR) is 122 cm³/mol. The lowest BCUT2D eigenvalue weighted by atomic mass is 9.99. The molecule has 2 fully saturated rings. The average Bonchev–Trinajstić information content (AvgIpc) is 3.45. The number of carbonyl (C=O) groups is 1. The van der Waals surface area contributed by atoms with Gasteiger partial charge in [-0.15, -0.1) is 0 Å². The van der Waals surface area contributed by atoms with Crippen molar-refractivity contribution in [1.82, 2.24) is 19.8 Å². The summed E-state index contributed by atoms with van der Waals surface area (Å²) in [6.45, 7) is 2.50. The predicted octanol–water partition coefficient (Wildman–Crippen LogP) is 3.89. The summed E-state index contributed by atoms with van der Waals surface area (Å²) < 4.78 is 19.5. The van der Waals surface area contributed by atoms with Gasteiger partial charge in [0.1, 0.15) is 17.2 Å². The minimum atomic E-state index is -0.289. The third-order valence-corrected chi connectivity index (χ3v) is 7.13. The number of hydrogen-bond donors (Lipinski definition) is 1. The molecule has 3 aromatic rings. The van der Waals surface area contributed by atoms with E-state index in [2.05, 4.69) is 20.9 Å². The Kier molecular flexibility index (Phi) is 5.37. The summed E-state index contributed by atoms with van der Waals surface area (Å²) in [7, 11) is 5.23. The van der Waals surface area contributed by atoms with Gasteiger partial charge in [0, 0.05) is 50.0 Å². The number of hydrogen-bond acceptors (Lipinski definition) is 4. The summed E-state index contributed by atoms with van der Waals surface area (Å²) in [4.78, 5) is 24.1. The number of nitrogens with zero attached hydrogens (tertiary/aromatic N) is 3. The summed E-state index contributed by atoms with van der Waals surface area (Å²) in [5, 5.41) is 0.988. The summed E-state index contributed by atoms with van der Waals surface area (Å²) in [5.74, 6) is 2.22. The van der Waals surface area contributed by atoms with Gasteiger partial charge in [0.2, 0.25) is 5.91 Å². The van der Waals surface area contributed by atoms with E-state index in [9.17, 15) is 9.18 Å². The second-order valence-corrected chi connectivity index (χ2v) is 9.36. The standard InChI is InChI=1S/C25H29FN4O2/c1-29(2)24(31)14-30-12-16-8-15(9-17(16)13-30)22-11-21-19(6-7-27-25(21)28-22)20-10-18(26)4-5-23(20)32-3/h4-7,10-11,15-17H,8-9,12-14H2,1-3H3,(H,27,28). The van der Waals surface area contributed by atoms with Crippen molar-refractivity contribution in [3.63, 3.8) is 0 Å². The van der Waals surface area contributed by atoms with Gasteiger partial charge in [0.25, 0.3) is 0 Å². The van der Waals surface area contributed by atoms with Crippen molar-refractivity contribution < 1.29 is 13.9 Å². The molecule has 1 aliphatic carbocycles. The van der Waals surface area contributed by atoms with E-state index in [1.54, 1.807) is 24.3 Å². The fourth-order valence-corrected chi connectivity index (χ4v) is 5.51. The number of methoxy groups -OCH3 is 1. The van der Waals surface area contributed by atoms with E-state index in [1.807, 2.05) is 20.2 Å². The van der Waals surface area contributed by atoms with Crippen LogP contribution in [0.1, 0.15) is 24.5 Å². The number of fused-ring (bicyclic) bond motifs is 2. The van der Waals surface area contributed by atoms with Crippen molar-refractivity contribution in [2.24, 2.45) is 11.8 Å². The normalized spacial score (nSPS) is 22.9. The second kappa shape index (κ2) is 8.20. The molecule has 1 saturated carbocycles. The lowest BCUT2D eigenvalue weighted by molar-refractivity contribution is -0.129. The molecular formula is C25H29FN4O2. The van der Waals surface area contributed by atoms with E-state index in [4.69, 9.17) is 4.74 Å². The molecule has 32 heavy (non-hydrogen) atoms. The number of pyridine rings is 1. The topological polar surface area (TPSA) is 61.5 Å². The van der Waals surface area contributed by atoms with Gasteiger partial charge in [-0.25, -0.2) is 9.37 Å². The van der Waals surface area contributed by atoms with Gasteiger partial charge in [-0.05, 0) is 66.5 Å². The highest BCUT2D eigenvalue weighted by atomic mass is 19.1. The van der Waals surface area contributed by atoms with E-state index in [0.717, 1.165) is 48.1 Å². The van der Waals surface area contributed by atoms with Crippen LogP contribution in [-0.2, 0) is 4.79 Å². The van der Waals surface area contributed by atoms with E-state index in [1.165, 1.54) is 17.8 Å². The molecule has 5 rings (SSSR count). The quantitative estimate of drug-likeness (QED) is 0.659. The number of ether oxygens (including phenoxy) is 1. The van der Waals surface area contributed by atoms with Crippen LogP contribution in [0.25, 0.3) is 22.2 Å². The highest BCUT2D eigenvalue weighted by Gasteiger charge is 2.42. The van der Waals surface area contributed by atoms with Crippen molar-refractivity contribution in [2.45, 2.75) is 18.8 Å². The van der Waals surface area contributed by atoms with E-state index in [-0.39, 0.29) is 11.7 Å². The van der Waals surface area contributed by atoms with Gasteiger partial charge in [-0.3, -0.25) is 9.69 Å². The Morgan fingerprint density at radius 2 is 1.94 bits per heavy atom. The van der Waals surface area contributed by atoms with Crippen molar-refractivity contribution in [1.29, 1.82) is 0 Å². The molecule has 2 unspecified atom stereocenters. The molecule has 0 spiro atoms. The minimum absolute atomic E-state index is 0.170. The third kappa shape index (κ3) is 3.75. The molecule has 3 heterocycles. The van der Waals surface area contributed by atoms with Crippen molar-refractivity contribution in [3.8, 4) is 16.9 Å². The summed E-state index contributed by atoms with van der Waals surface area (Å²) >= 11 is 0. The first-order valence-corrected chi connectivity index (χ1v) is 11.2. The Balaban J connectivity index is 1.37. The summed E-state index contributed by atoms with van der Waals surface area (Å²) in [6.07, 6.45) is 3.98. The number of H-pyrrole nitrogens is 1. The number of likely N-dealkylation sites (N-methyl/N-ethyl adjacent to an activating group) is 1. The molecule has 1 aromatic carbocycles. The zero-order chi connectivity index (χ0) is 22.4. The largest absolute Gasteiger partial charge is 0.496 e. The molecule has 7 heteroatoms. The molecule has 0 radical (unpaired) electrons. The number of aromatic amines is 1. The maximum atomic E-state index is 14.0. The third-order valence-electron chi connectivity index (χ3n) is 7.13. The molecule has 1 amide bonds. The molecule has 2 aliphatic rings. The van der Waals surface area contributed by atoms with Gasteiger partial charge < -0.3 is 14.6 Å². The lowest BCUT2D eigenvalue weighted by Crippen LogP contribution is -2.35. The van der Waals surface area contributed by atoms with Crippen LogP contribution in [0.3, 0.4) is 0 Å². The minimum Gasteiger partial charge on any atom is -0.496 e. The maximum absolute atomic E-state index is 14.0. The molecule has 2 aromatic heterocycles. The molecule has 1 aliphatic heterocycles. The van der Waals surface area contributed by atoms with Gasteiger partial charge in [0.15, 0.2) is 0 Å². The van der Waals surface area contributed by atoms with E-state index < -0.39 is 0 Å². The Labute approximate surface area is 187 Å². The lowest BCUT2D eigenvalue weighted by Gasteiger charge is -2.20. The summed E-state index contributed by atoms with van der Waals surface area (Å²) in [6, 6.07) is 8.69. The summed E-state index contributed by atoms with van der Waals surface area (Å²) in [5.41, 5.74) is 3.66. The first kappa shape index (κ1) is 20.9.